The number of hydrogen-bond donors (Lipinski definition) is 1. The average molecular weight is 501 g/mol. The Bertz CT molecular complexity index is 1110. The number of ether oxygens (including phenoxy) is 2. The minimum absolute atomic E-state index is 0.117. The highest BCUT2D eigenvalue weighted by atomic mass is 35.5. The van der Waals surface area contributed by atoms with Gasteiger partial charge in [-0.3, -0.25) is 9.59 Å². The standard InChI is InChI=1S/C26H26Cl2N2O4/c1-29-26(32)24(14-18-6-4-3-5-7-18)30(16-19-8-9-20(27)15-23(19)28)25(31)17-34-22-12-10-21(33-2)11-13-22/h3-13,15,24H,14,16-17H2,1-2H3,(H,29,32). The number of nitrogens with zero attached hydrogens (tertiary/aromatic N) is 1. The summed E-state index contributed by atoms with van der Waals surface area (Å²) in [5.41, 5.74) is 1.60. The minimum atomic E-state index is -0.772. The summed E-state index contributed by atoms with van der Waals surface area (Å²) in [4.78, 5) is 27.8. The molecule has 178 valence electrons. The largest absolute Gasteiger partial charge is 0.497 e. The van der Waals surface area contributed by atoms with E-state index in [4.69, 9.17) is 32.7 Å². The highest BCUT2D eigenvalue weighted by molar-refractivity contribution is 6.35. The van der Waals surface area contributed by atoms with E-state index >= 15 is 0 Å². The van der Waals surface area contributed by atoms with E-state index in [1.54, 1.807) is 56.6 Å². The molecule has 3 aromatic carbocycles. The lowest BCUT2D eigenvalue weighted by Gasteiger charge is -2.31. The summed E-state index contributed by atoms with van der Waals surface area (Å²) in [5, 5.41) is 3.58. The first-order valence-electron chi connectivity index (χ1n) is 10.7. The molecule has 3 aromatic rings. The van der Waals surface area contributed by atoms with Gasteiger partial charge in [0.1, 0.15) is 17.5 Å². The molecule has 1 N–H and O–H groups in total. The van der Waals surface area contributed by atoms with Crippen LogP contribution in [0.1, 0.15) is 11.1 Å². The Morgan fingerprint density at radius 3 is 2.26 bits per heavy atom. The lowest BCUT2D eigenvalue weighted by atomic mass is 10.0. The maximum atomic E-state index is 13.4. The zero-order chi connectivity index (χ0) is 24.5. The number of halogens is 2. The zero-order valence-electron chi connectivity index (χ0n) is 19.0. The van der Waals surface area contributed by atoms with E-state index in [2.05, 4.69) is 5.32 Å². The number of rotatable bonds is 10. The van der Waals surface area contributed by atoms with Gasteiger partial charge in [0.15, 0.2) is 6.61 Å². The van der Waals surface area contributed by atoms with Crippen LogP contribution in [0.3, 0.4) is 0 Å². The third-order valence-electron chi connectivity index (χ3n) is 5.30. The fourth-order valence-electron chi connectivity index (χ4n) is 3.45. The van der Waals surface area contributed by atoms with Crippen LogP contribution in [0.2, 0.25) is 10.0 Å². The molecule has 2 amide bonds. The highest BCUT2D eigenvalue weighted by Crippen LogP contribution is 2.24. The van der Waals surface area contributed by atoms with Crippen LogP contribution < -0.4 is 14.8 Å². The predicted octanol–water partition coefficient (Wildman–Crippen LogP) is 4.77. The molecule has 0 heterocycles. The van der Waals surface area contributed by atoms with Gasteiger partial charge in [-0.05, 0) is 47.5 Å². The van der Waals surface area contributed by atoms with Crippen LogP contribution in [0.5, 0.6) is 11.5 Å². The van der Waals surface area contributed by atoms with Crippen molar-refractivity contribution in [1.29, 1.82) is 0 Å². The van der Waals surface area contributed by atoms with Gasteiger partial charge in [-0.25, -0.2) is 0 Å². The van der Waals surface area contributed by atoms with E-state index < -0.39 is 6.04 Å². The Labute approximate surface area is 209 Å². The second-order valence-electron chi connectivity index (χ2n) is 7.54. The van der Waals surface area contributed by atoms with Crippen molar-refractivity contribution in [3.63, 3.8) is 0 Å². The summed E-state index contributed by atoms with van der Waals surface area (Å²) in [6, 6.07) is 20.7. The maximum Gasteiger partial charge on any atom is 0.261 e. The van der Waals surface area contributed by atoms with Gasteiger partial charge < -0.3 is 19.7 Å². The summed E-state index contributed by atoms with van der Waals surface area (Å²) in [7, 11) is 3.12. The van der Waals surface area contributed by atoms with Crippen LogP contribution in [0.15, 0.2) is 72.8 Å². The Morgan fingerprint density at radius 1 is 0.971 bits per heavy atom. The number of likely N-dealkylation sites (N-methyl/N-ethyl adjacent to an activating group) is 1. The first-order valence-corrected chi connectivity index (χ1v) is 11.4. The van der Waals surface area contributed by atoms with E-state index in [1.807, 2.05) is 30.3 Å². The first kappa shape index (κ1) is 25.4. The van der Waals surface area contributed by atoms with Crippen molar-refractivity contribution >= 4 is 35.0 Å². The molecule has 0 aliphatic carbocycles. The molecule has 8 heteroatoms. The lowest BCUT2D eigenvalue weighted by Crippen LogP contribution is -2.51. The number of benzene rings is 3. The molecule has 0 radical (unpaired) electrons. The number of carbonyl (C=O) groups is 2. The Kier molecular flexibility index (Phi) is 9.19. The monoisotopic (exact) mass is 500 g/mol. The number of nitrogens with one attached hydrogen (secondary N) is 1. The van der Waals surface area contributed by atoms with Crippen molar-refractivity contribution in [3.8, 4) is 11.5 Å². The Balaban J connectivity index is 1.88. The van der Waals surface area contributed by atoms with Gasteiger partial charge in [-0.1, -0.05) is 59.6 Å². The molecular weight excluding hydrogens is 475 g/mol. The van der Waals surface area contributed by atoms with E-state index in [9.17, 15) is 9.59 Å². The molecule has 1 atom stereocenters. The summed E-state index contributed by atoms with van der Waals surface area (Å²) in [6.07, 6.45) is 0.333. The molecule has 1 unspecified atom stereocenters. The minimum Gasteiger partial charge on any atom is -0.497 e. The zero-order valence-corrected chi connectivity index (χ0v) is 20.5. The topological polar surface area (TPSA) is 67.9 Å². The van der Waals surface area contributed by atoms with Gasteiger partial charge in [0.2, 0.25) is 5.91 Å². The van der Waals surface area contributed by atoms with Gasteiger partial charge in [0.05, 0.1) is 7.11 Å². The normalized spacial score (nSPS) is 11.4. The fraction of sp³-hybridized carbons (Fsp3) is 0.231. The van der Waals surface area contributed by atoms with E-state index in [-0.39, 0.29) is 25.0 Å². The Hall–Kier alpha value is -3.22. The number of amides is 2. The molecule has 0 spiro atoms. The highest BCUT2D eigenvalue weighted by Gasteiger charge is 2.30. The second-order valence-corrected chi connectivity index (χ2v) is 8.38. The van der Waals surface area contributed by atoms with Crippen LogP contribution in [-0.2, 0) is 22.6 Å². The molecule has 0 aromatic heterocycles. The molecule has 3 rings (SSSR count). The number of carbonyl (C=O) groups excluding carboxylic acids is 2. The average Bonchev–Trinajstić information content (AvgIpc) is 2.86. The second kappa shape index (κ2) is 12.3. The molecule has 0 fully saturated rings. The van der Waals surface area contributed by atoms with Crippen LogP contribution in [-0.4, -0.2) is 43.5 Å². The van der Waals surface area contributed by atoms with Crippen molar-refractivity contribution in [2.24, 2.45) is 0 Å². The lowest BCUT2D eigenvalue weighted by molar-refractivity contribution is -0.142. The number of methoxy groups -OCH3 is 1. The molecule has 0 saturated heterocycles. The summed E-state index contributed by atoms with van der Waals surface area (Å²) in [6.45, 7) is -0.133. The van der Waals surface area contributed by atoms with Crippen LogP contribution >= 0.6 is 23.2 Å². The summed E-state index contributed by atoms with van der Waals surface area (Å²) in [5.74, 6) is 0.552. The first-order chi connectivity index (χ1) is 16.4. The maximum absolute atomic E-state index is 13.4. The fourth-order valence-corrected chi connectivity index (χ4v) is 3.92. The van der Waals surface area contributed by atoms with Crippen LogP contribution in [0.25, 0.3) is 0 Å². The van der Waals surface area contributed by atoms with E-state index in [0.29, 0.717) is 33.5 Å². The van der Waals surface area contributed by atoms with Crippen molar-refractivity contribution in [3.05, 3.63) is 94.0 Å². The molecule has 0 bridgehead atoms. The molecule has 0 aliphatic heterocycles. The van der Waals surface area contributed by atoms with Crippen molar-refractivity contribution < 1.29 is 19.1 Å². The van der Waals surface area contributed by atoms with E-state index in [0.717, 1.165) is 5.56 Å². The van der Waals surface area contributed by atoms with Crippen LogP contribution in [0.4, 0.5) is 0 Å². The van der Waals surface area contributed by atoms with Gasteiger partial charge >= 0.3 is 0 Å². The van der Waals surface area contributed by atoms with Crippen LogP contribution in [0, 0.1) is 0 Å². The quantitative estimate of drug-likeness (QED) is 0.435. The Morgan fingerprint density at radius 2 is 1.65 bits per heavy atom. The van der Waals surface area contributed by atoms with Gasteiger partial charge in [-0.2, -0.15) is 0 Å². The van der Waals surface area contributed by atoms with Gasteiger partial charge in [-0.15, -0.1) is 0 Å². The number of hydrogen-bond acceptors (Lipinski definition) is 4. The molecule has 34 heavy (non-hydrogen) atoms. The third-order valence-corrected chi connectivity index (χ3v) is 5.88. The predicted molar refractivity (Wildman–Crippen MR) is 134 cm³/mol. The SMILES string of the molecule is CNC(=O)C(Cc1ccccc1)N(Cc1ccc(Cl)cc1Cl)C(=O)COc1ccc(OC)cc1. The van der Waals surface area contributed by atoms with Crippen molar-refractivity contribution in [2.75, 3.05) is 20.8 Å². The van der Waals surface area contributed by atoms with Gasteiger partial charge in [0, 0.05) is 30.1 Å². The summed E-state index contributed by atoms with van der Waals surface area (Å²) >= 11 is 12.4. The molecule has 6 nitrogen and oxygen atoms in total. The molecule has 0 saturated carbocycles. The van der Waals surface area contributed by atoms with Crippen molar-refractivity contribution in [2.45, 2.75) is 19.0 Å². The molecular formula is C26H26Cl2N2O4. The molecule has 0 aliphatic rings. The van der Waals surface area contributed by atoms with Gasteiger partial charge in [0.25, 0.3) is 5.91 Å². The smallest absolute Gasteiger partial charge is 0.261 e. The third kappa shape index (κ3) is 6.89. The van der Waals surface area contributed by atoms with Crippen molar-refractivity contribution in [1.82, 2.24) is 10.2 Å². The summed E-state index contributed by atoms with van der Waals surface area (Å²) < 4.78 is 10.9. The van der Waals surface area contributed by atoms with E-state index in [1.165, 1.54) is 4.90 Å².